The lowest BCUT2D eigenvalue weighted by atomic mass is 10.2. The fraction of sp³-hybridized carbons (Fsp3) is 0.312. The highest BCUT2D eigenvalue weighted by molar-refractivity contribution is 5.94. The Kier molecular flexibility index (Phi) is 4.18. The van der Waals surface area contributed by atoms with E-state index in [-0.39, 0.29) is 5.97 Å². The zero-order chi connectivity index (χ0) is 15.4. The first-order valence-corrected chi connectivity index (χ1v) is 7.34. The molecule has 0 amide bonds. The molecule has 2 heterocycles. The van der Waals surface area contributed by atoms with Gasteiger partial charge in [0.25, 0.3) is 0 Å². The van der Waals surface area contributed by atoms with Gasteiger partial charge in [0.15, 0.2) is 5.49 Å². The van der Waals surface area contributed by atoms with Gasteiger partial charge in [-0.3, -0.25) is 4.99 Å². The van der Waals surface area contributed by atoms with E-state index in [0.717, 1.165) is 24.5 Å². The minimum absolute atomic E-state index is 0.325. The minimum atomic E-state index is -0.388. The lowest BCUT2D eigenvalue weighted by Gasteiger charge is -2.09. The molecule has 6 heteroatoms. The Hall–Kier alpha value is -2.63. The van der Waals surface area contributed by atoms with Gasteiger partial charge in [0.2, 0.25) is 0 Å². The summed E-state index contributed by atoms with van der Waals surface area (Å²) in [5, 5.41) is 3.21. The lowest BCUT2D eigenvalue weighted by molar-refractivity contribution is 0.0524. The molecule has 0 bridgehead atoms. The predicted molar refractivity (Wildman–Crippen MR) is 82.4 cm³/mol. The molecule has 0 unspecified atom stereocenters. The third-order valence-electron chi connectivity index (χ3n) is 3.45. The van der Waals surface area contributed by atoms with Gasteiger partial charge in [0.1, 0.15) is 11.4 Å². The maximum atomic E-state index is 12.3. The normalized spacial score (nSPS) is 13.6. The molecule has 1 aromatic carbocycles. The van der Waals surface area contributed by atoms with Crippen LogP contribution in [0.15, 0.2) is 41.7 Å². The largest absolute Gasteiger partial charge is 0.462 e. The van der Waals surface area contributed by atoms with Crippen molar-refractivity contribution in [1.29, 1.82) is 0 Å². The Morgan fingerprint density at radius 3 is 3.00 bits per heavy atom. The van der Waals surface area contributed by atoms with Crippen molar-refractivity contribution in [3.05, 3.63) is 53.3 Å². The number of esters is 1. The number of carbonyl (C=O) groups is 1. The van der Waals surface area contributed by atoms with Crippen molar-refractivity contribution in [3.8, 4) is 0 Å². The molecular weight excluding hydrogens is 280 g/mol. The standard InChI is InChI=1S/C16H18N4O2/c1-2-22-16(21)13-14(18-10-12-6-4-3-5-7-12)19-11-20-9-8-17-15(13)20/h3-7,11,17H,2,8-10H2,1H3. The molecule has 22 heavy (non-hydrogen) atoms. The van der Waals surface area contributed by atoms with E-state index in [0.29, 0.717) is 24.2 Å². The van der Waals surface area contributed by atoms with Crippen LogP contribution >= 0.6 is 0 Å². The lowest BCUT2D eigenvalue weighted by Crippen LogP contribution is -2.24. The molecule has 0 saturated carbocycles. The molecule has 114 valence electrons. The summed E-state index contributed by atoms with van der Waals surface area (Å²) in [4.78, 5) is 21.1. The second-order valence-electron chi connectivity index (χ2n) is 4.93. The number of anilines is 1. The first-order valence-electron chi connectivity index (χ1n) is 7.34. The summed E-state index contributed by atoms with van der Waals surface area (Å²) in [6.45, 7) is 4.15. The van der Waals surface area contributed by atoms with Gasteiger partial charge in [0, 0.05) is 13.1 Å². The fourth-order valence-electron chi connectivity index (χ4n) is 2.41. The third-order valence-corrected chi connectivity index (χ3v) is 3.45. The molecule has 6 nitrogen and oxygen atoms in total. The van der Waals surface area contributed by atoms with Gasteiger partial charge in [-0.2, -0.15) is 0 Å². The highest BCUT2D eigenvalue weighted by atomic mass is 16.5. The minimum Gasteiger partial charge on any atom is -0.462 e. The van der Waals surface area contributed by atoms with Crippen LogP contribution in [-0.4, -0.2) is 28.7 Å². The summed E-state index contributed by atoms with van der Waals surface area (Å²) >= 11 is 0. The van der Waals surface area contributed by atoms with Crippen molar-refractivity contribution >= 4 is 11.8 Å². The summed E-state index contributed by atoms with van der Waals surface area (Å²) in [5.41, 5.74) is 1.90. The van der Waals surface area contributed by atoms with E-state index >= 15 is 0 Å². The number of carbonyl (C=O) groups excluding carboxylic acids is 1. The molecule has 0 aliphatic carbocycles. The van der Waals surface area contributed by atoms with Gasteiger partial charge in [-0.15, -0.1) is 0 Å². The van der Waals surface area contributed by atoms with Crippen LogP contribution in [0.2, 0.25) is 0 Å². The van der Waals surface area contributed by atoms with Gasteiger partial charge >= 0.3 is 5.97 Å². The first kappa shape index (κ1) is 14.3. The van der Waals surface area contributed by atoms with Crippen LogP contribution < -0.4 is 10.8 Å². The molecule has 0 atom stereocenters. The van der Waals surface area contributed by atoms with E-state index in [4.69, 9.17) is 4.74 Å². The van der Waals surface area contributed by atoms with Crippen molar-refractivity contribution in [2.75, 3.05) is 18.5 Å². The number of aromatic nitrogens is 2. The highest BCUT2D eigenvalue weighted by Gasteiger charge is 2.22. The average molecular weight is 298 g/mol. The van der Waals surface area contributed by atoms with Crippen molar-refractivity contribution in [2.24, 2.45) is 4.99 Å². The zero-order valence-corrected chi connectivity index (χ0v) is 12.5. The van der Waals surface area contributed by atoms with Crippen LogP contribution in [0, 0.1) is 0 Å². The molecule has 1 N–H and O–H groups in total. The summed E-state index contributed by atoms with van der Waals surface area (Å²) in [6, 6.07) is 9.87. The van der Waals surface area contributed by atoms with Gasteiger partial charge in [-0.1, -0.05) is 30.3 Å². The number of benzene rings is 1. The summed E-state index contributed by atoms with van der Waals surface area (Å²) < 4.78 is 7.06. The van der Waals surface area contributed by atoms with Crippen LogP contribution in [0.3, 0.4) is 0 Å². The monoisotopic (exact) mass is 298 g/mol. The van der Waals surface area contributed by atoms with Gasteiger partial charge < -0.3 is 14.6 Å². The van der Waals surface area contributed by atoms with E-state index in [1.54, 1.807) is 13.3 Å². The van der Waals surface area contributed by atoms with Crippen molar-refractivity contribution < 1.29 is 9.53 Å². The zero-order valence-electron chi connectivity index (χ0n) is 12.5. The SMILES string of the molecule is CCOC(=O)c1c2n(cnc1=NCc1ccccc1)CCN2. The van der Waals surface area contributed by atoms with E-state index in [2.05, 4.69) is 15.3 Å². The van der Waals surface area contributed by atoms with Gasteiger partial charge in [-0.25, -0.2) is 9.78 Å². The Morgan fingerprint density at radius 1 is 1.41 bits per heavy atom. The second kappa shape index (κ2) is 6.43. The van der Waals surface area contributed by atoms with E-state index < -0.39 is 0 Å². The maximum Gasteiger partial charge on any atom is 0.345 e. The van der Waals surface area contributed by atoms with Crippen LogP contribution in [0.25, 0.3) is 0 Å². The van der Waals surface area contributed by atoms with Crippen LogP contribution in [0.5, 0.6) is 0 Å². The highest BCUT2D eigenvalue weighted by Crippen LogP contribution is 2.16. The van der Waals surface area contributed by atoms with Crippen LogP contribution in [0.1, 0.15) is 22.8 Å². The Bertz CT molecular complexity index is 738. The maximum absolute atomic E-state index is 12.3. The van der Waals surface area contributed by atoms with E-state index in [1.165, 1.54) is 0 Å². The Balaban J connectivity index is 2.01. The number of nitrogens with one attached hydrogen (secondary N) is 1. The van der Waals surface area contributed by atoms with Crippen molar-refractivity contribution in [3.63, 3.8) is 0 Å². The number of nitrogens with zero attached hydrogens (tertiary/aromatic N) is 3. The number of ether oxygens (including phenoxy) is 1. The van der Waals surface area contributed by atoms with Crippen LogP contribution in [0.4, 0.5) is 5.82 Å². The number of hydrogen-bond acceptors (Lipinski definition) is 5. The smallest absolute Gasteiger partial charge is 0.345 e. The van der Waals surface area contributed by atoms with Crippen molar-refractivity contribution in [2.45, 2.75) is 20.0 Å². The molecule has 0 radical (unpaired) electrons. The molecular formula is C16H18N4O2. The number of rotatable bonds is 4. The van der Waals surface area contributed by atoms with Crippen LogP contribution in [-0.2, 0) is 17.8 Å². The topological polar surface area (TPSA) is 68.5 Å². The van der Waals surface area contributed by atoms with E-state index in [1.807, 2.05) is 34.9 Å². The molecule has 3 rings (SSSR count). The molecule has 1 aliphatic heterocycles. The molecule has 0 saturated heterocycles. The van der Waals surface area contributed by atoms with Crippen molar-refractivity contribution in [1.82, 2.24) is 9.55 Å². The van der Waals surface area contributed by atoms with E-state index in [9.17, 15) is 4.79 Å². The molecule has 2 aromatic rings. The third kappa shape index (κ3) is 2.86. The summed E-state index contributed by atoms with van der Waals surface area (Å²) in [5.74, 6) is 0.348. The predicted octanol–water partition coefficient (Wildman–Crippen LogP) is 1.59. The Labute approximate surface area is 128 Å². The van der Waals surface area contributed by atoms with Gasteiger partial charge in [0.05, 0.1) is 19.5 Å². The molecule has 0 fully saturated rings. The number of fused-ring (bicyclic) bond motifs is 1. The molecule has 1 aromatic heterocycles. The Morgan fingerprint density at radius 2 is 2.23 bits per heavy atom. The second-order valence-corrected chi connectivity index (χ2v) is 4.93. The summed E-state index contributed by atoms with van der Waals surface area (Å²) in [7, 11) is 0. The quantitative estimate of drug-likeness (QED) is 0.870. The molecule has 1 aliphatic rings. The molecule has 0 spiro atoms. The fourth-order valence-corrected chi connectivity index (χ4v) is 2.41. The average Bonchev–Trinajstić information content (AvgIpc) is 3.02. The van der Waals surface area contributed by atoms with Gasteiger partial charge in [-0.05, 0) is 12.5 Å². The number of hydrogen-bond donors (Lipinski definition) is 1. The summed E-state index contributed by atoms with van der Waals surface area (Å²) in [6.07, 6.45) is 1.71. The first-order chi connectivity index (χ1) is 10.8.